The first-order chi connectivity index (χ1) is 15.4. The van der Waals surface area contributed by atoms with Crippen LogP contribution in [0.2, 0.25) is 5.02 Å². The van der Waals surface area contributed by atoms with Gasteiger partial charge in [-0.05, 0) is 31.0 Å². The van der Waals surface area contributed by atoms with E-state index in [4.69, 9.17) is 22.1 Å². The number of carbonyl (C=O) groups is 1. The van der Waals surface area contributed by atoms with E-state index in [0.717, 1.165) is 27.8 Å². The molecule has 33 heavy (non-hydrogen) atoms. The number of fused-ring (bicyclic) bond motifs is 1. The normalized spacial score (nSPS) is 24.7. The SMILES string of the molecule is CN1C(N)=NC2(c3sc(C(=O)Nc4cccc(C(F)(F)F)n4)cc3Cl)CCCOC2S1(=O)=O. The molecule has 0 radical (unpaired) electrons. The van der Waals surface area contributed by atoms with Crippen LogP contribution in [0.25, 0.3) is 0 Å². The van der Waals surface area contributed by atoms with Gasteiger partial charge in [0.1, 0.15) is 17.1 Å². The number of nitrogens with one attached hydrogen (secondary N) is 1. The zero-order chi connectivity index (χ0) is 24.2. The minimum atomic E-state index is -4.67. The Bertz CT molecular complexity index is 1250. The van der Waals surface area contributed by atoms with Gasteiger partial charge in [0.25, 0.3) is 15.9 Å². The van der Waals surface area contributed by atoms with Crippen LogP contribution in [0, 0.1) is 0 Å². The highest BCUT2D eigenvalue weighted by atomic mass is 35.5. The number of carbonyl (C=O) groups excluding carboxylic acids is 1. The van der Waals surface area contributed by atoms with Gasteiger partial charge in [-0.3, -0.25) is 4.79 Å². The molecule has 0 saturated carbocycles. The van der Waals surface area contributed by atoms with Gasteiger partial charge >= 0.3 is 6.18 Å². The first kappa shape index (κ1) is 23.7. The molecule has 2 aromatic heterocycles. The second-order valence-electron chi connectivity index (χ2n) is 7.36. The van der Waals surface area contributed by atoms with Crippen molar-refractivity contribution >= 4 is 50.6 Å². The first-order valence-electron chi connectivity index (χ1n) is 9.46. The molecule has 0 aromatic carbocycles. The van der Waals surface area contributed by atoms with Crippen LogP contribution in [-0.4, -0.2) is 48.7 Å². The van der Waals surface area contributed by atoms with Gasteiger partial charge in [0.2, 0.25) is 11.4 Å². The minimum Gasteiger partial charge on any atom is -0.369 e. The molecular formula is C18H17ClF3N5O4S2. The van der Waals surface area contributed by atoms with Crippen LogP contribution in [0.4, 0.5) is 19.0 Å². The maximum absolute atomic E-state index is 13.0. The van der Waals surface area contributed by atoms with E-state index in [1.807, 2.05) is 0 Å². The molecule has 178 valence electrons. The summed E-state index contributed by atoms with van der Waals surface area (Å²) in [6, 6.07) is 4.40. The number of anilines is 1. The maximum atomic E-state index is 13.0. The molecule has 1 saturated heterocycles. The Balaban J connectivity index is 1.71. The summed E-state index contributed by atoms with van der Waals surface area (Å²) in [5.74, 6) is -1.32. The van der Waals surface area contributed by atoms with Gasteiger partial charge in [-0.2, -0.15) is 13.2 Å². The topological polar surface area (TPSA) is 127 Å². The Kier molecular flexibility index (Phi) is 5.83. The number of ether oxygens (including phenoxy) is 1. The fourth-order valence-electron chi connectivity index (χ4n) is 3.66. The highest BCUT2D eigenvalue weighted by Crippen LogP contribution is 2.50. The fourth-order valence-corrected chi connectivity index (χ4v) is 6.96. The number of hydrogen-bond donors (Lipinski definition) is 2. The lowest BCUT2D eigenvalue weighted by atomic mass is 9.91. The molecule has 2 unspecified atom stereocenters. The number of aromatic nitrogens is 1. The van der Waals surface area contributed by atoms with E-state index in [-0.39, 0.29) is 39.6 Å². The van der Waals surface area contributed by atoms with Crippen molar-refractivity contribution in [3.05, 3.63) is 44.7 Å². The Labute approximate surface area is 195 Å². The lowest BCUT2D eigenvalue weighted by Gasteiger charge is -2.44. The lowest BCUT2D eigenvalue weighted by molar-refractivity contribution is -0.141. The molecule has 4 rings (SSSR count). The summed E-state index contributed by atoms with van der Waals surface area (Å²) in [6.07, 6.45) is -3.95. The van der Waals surface area contributed by atoms with Crippen LogP contribution >= 0.6 is 22.9 Å². The van der Waals surface area contributed by atoms with Crippen LogP contribution in [0.3, 0.4) is 0 Å². The van der Waals surface area contributed by atoms with Crippen LogP contribution in [0.15, 0.2) is 29.3 Å². The molecule has 3 N–H and O–H groups in total. The number of halogens is 4. The molecule has 15 heteroatoms. The molecule has 1 amide bonds. The largest absolute Gasteiger partial charge is 0.433 e. The molecule has 9 nitrogen and oxygen atoms in total. The zero-order valence-corrected chi connectivity index (χ0v) is 19.3. The monoisotopic (exact) mass is 523 g/mol. The van der Waals surface area contributed by atoms with E-state index in [0.29, 0.717) is 6.42 Å². The highest BCUT2D eigenvalue weighted by Gasteiger charge is 2.57. The van der Waals surface area contributed by atoms with Gasteiger partial charge in [0.15, 0.2) is 0 Å². The Morgan fingerprint density at radius 1 is 1.42 bits per heavy atom. The quantitative estimate of drug-likeness (QED) is 0.637. The Hall–Kier alpha value is -2.42. The van der Waals surface area contributed by atoms with Crippen LogP contribution < -0.4 is 11.1 Å². The number of rotatable bonds is 3. The smallest absolute Gasteiger partial charge is 0.369 e. The summed E-state index contributed by atoms with van der Waals surface area (Å²) in [6.45, 7) is 0.187. The van der Waals surface area contributed by atoms with Crippen LogP contribution in [0.1, 0.15) is 33.1 Å². The molecule has 2 aromatic rings. The first-order valence-corrected chi connectivity index (χ1v) is 12.2. The molecular weight excluding hydrogens is 507 g/mol. The van der Waals surface area contributed by atoms with E-state index in [1.54, 1.807) is 0 Å². The van der Waals surface area contributed by atoms with Gasteiger partial charge in [-0.25, -0.2) is 22.7 Å². The number of sulfonamides is 1. The second kappa shape index (κ2) is 8.11. The number of nitrogens with zero attached hydrogens (tertiary/aromatic N) is 3. The van der Waals surface area contributed by atoms with Gasteiger partial charge in [0, 0.05) is 13.7 Å². The van der Waals surface area contributed by atoms with Gasteiger partial charge in [0.05, 0.1) is 14.8 Å². The summed E-state index contributed by atoms with van der Waals surface area (Å²) in [4.78, 5) is 20.8. The number of nitrogens with two attached hydrogens (primary N) is 1. The van der Waals surface area contributed by atoms with Crippen molar-refractivity contribution in [3.63, 3.8) is 0 Å². The molecule has 2 aliphatic rings. The van der Waals surface area contributed by atoms with Crippen molar-refractivity contribution in [2.24, 2.45) is 10.7 Å². The predicted octanol–water partition coefficient (Wildman–Crippen LogP) is 2.99. The summed E-state index contributed by atoms with van der Waals surface area (Å²) in [5, 5.41) is 2.36. The number of thiophene rings is 1. The number of aliphatic imine (C=N–C) groups is 1. The molecule has 0 bridgehead atoms. The highest BCUT2D eigenvalue weighted by molar-refractivity contribution is 7.90. The van der Waals surface area contributed by atoms with Crippen molar-refractivity contribution in [2.75, 3.05) is 19.0 Å². The van der Waals surface area contributed by atoms with Crippen molar-refractivity contribution in [1.82, 2.24) is 9.29 Å². The number of pyridine rings is 1. The van der Waals surface area contributed by atoms with E-state index >= 15 is 0 Å². The van der Waals surface area contributed by atoms with Crippen LogP contribution in [0.5, 0.6) is 0 Å². The molecule has 1 fully saturated rings. The van der Waals surface area contributed by atoms with Crippen molar-refractivity contribution < 1.29 is 31.1 Å². The summed E-state index contributed by atoms with van der Waals surface area (Å²) in [7, 11) is -2.77. The van der Waals surface area contributed by atoms with Gasteiger partial charge in [-0.15, -0.1) is 11.3 Å². The number of amides is 1. The number of hydrogen-bond acceptors (Lipinski definition) is 8. The van der Waals surface area contributed by atoms with E-state index in [1.165, 1.54) is 19.2 Å². The van der Waals surface area contributed by atoms with Gasteiger partial charge < -0.3 is 15.8 Å². The molecule has 2 aliphatic heterocycles. The third-order valence-electron chi connectivity index (χ3n) is 5.24. The van der Waals surface area contributed by atoms with Crippen LogP contribution in [-0.2, 0) is 26.5 Å². The lowest BCUT2D eigenvalue weighted by Crippen LogP contribution is -2.59. The van der Waals surface area contributed by atoms with Crippen molar-refractivity contribution in [1.29, 1.82) is 0 Å². The third-order valence-corrected chi connectivity index (χ3v) is 8.96. The Morgan fingerprint density at radius 2 is 2.15 bits per heavy atom. The molecule has 2 atom stereocenters. The standard InChI is InChI=1S/C18H17ClF3N5O4S2/c1-27-16(23)26-17(6-3-7-31-15(17)33(27,29)30)13-9(19)8-10(32-13)14(28)25-12-5-2-4-11(24-12)18(20,21)22/h2,4-5,8,15H,3,6-7H2,1H3,(H2,23,26)(H,24,25,28). The average Bonchev–Trinajstić information content (AvgIpc) is 3.14. The Morgan fingerprint density at radius 3 is 2.85 bits per heavy atom. The predicted molar refractivity (Wildman–Crippen MR) is 115 cm³/mol. The molecule has 4 heterocycles. The minimum absolute atomic E-state index is 0.0259. The van der Waals surface area contributed by atoms with Crippen molar-refractivity contribution in [2.45, 2.75) is 30.0 Å². The molecule has 0 aliphatic carbocycles. The van der Waals surface area contributed by atoms with Gasteiger partial charge in [-0.1, -0.05) is 17.7 Å². The maximum Gasteiger partial charge on any atom is 0.433 e. The summed E-state index contributed by atoms with van der Waals surface area (Å²) in [5.41, 5.74) is 1.86. The summed E-state index contributed by atoms with van der Waals surface area (Å²) >= 11 is 7.26. The zero-order valence-electron chi connectivity index (χ0n) is 16.9. The second-order valence-corrected chi connectivity index (χ2v) is 10.8. The van der Waals surface area contributed by atoms with Crippen molar-refractivity contribution in [3.8, 4) is 0 Å². The fraction of sp³-hybridized carbons (Fsp3) is 0.389. The van der Waals surface area contributed by atoms with E-state index in [9.17, 15) is 26.4 Å². The third kappa shape index (κ3) is 4.05. The number of alkyl halides is 3. The summed E-state index contributed by atoms with van der Waals surface area (Å²) < 4.78 is 71.0. The average molecular weight is 524 g/mol. The van der Waals surface area contributed by atoms with E-state index < -0.39 is 38.8 Å². The van der Waals surface area contributed by atoms with E-state index in [2.05, 4.69) is 15.3 Å². The number of guanidine groups is 1. The molecule has 0 spiro atoms.